The molecule has 1 aromatic rings. The number of carbonyl (C=O) groups is 2. The summed E-state index contributed by atoms with van der Waals surface area (Å²) in [4.78, 5) is 29.9. The minimum Gasteiger partial charge on any atom is -0.323 e. The Hall–Kier alpha value is -1.37. The first-order valence-corrected chi connectivity index (χ1v) is 9.84. The van der Waals surface area contributed by atoms with E-state index in [1.54, 1.807) is 6.08 Å². The first-order valence-electron chi connectivity index (χ1n) is 8.65. The molecule has 1 aliphatic carbocycles. The summed E-state index contributed by atoms with van der Waals surface area (Å²) in [6.07, 6.45) is 5.20. The predicted molar refractivity (Wildman–Crippen MR) is 101 cm³/mol. The van der Waals surface area contributed by atoms with Crippen LogP contribution in [0.5, 0.6) is 0 Å². The predicted octanol–water partition coefficient (Wildman–Crippen LogP) is 3.85. The number of halogens is 1. The van der Waals surface area contributed by atoms with Crippen LogP contribution in [-0.4, -0.2) is 40.5 Å². The number of amides is 3. The Morgan fingerprint density at radius 1 is 1.44 bits per heavy atom. The minimum atomic E-state index is -0.685. The van der Waals surface area contributed by atoms with Crippen LogP contribution in [0.4, 0.5) is 4.79 Å². The lowest BCUT2D eigenvalue weighted by Gasteiger charge is -2.34. The normalized spacial score (nSPS) is 26.5. The van der Waals surface area contributed by atoms with E-state index in [0.717, 1.165) is 34.9 Å². The zero-order chi connectivity index (χ0) is 18.0. The molecule has 0 radical (unpaired) electrons. The van der Waals surface area contributed by atoms with Gasteiger partial charge < -0.3 is 5.32 Å². The van der Waals surface area contributed by atoms with Crippen LogP contribution in [0.15, 0.2) is 24.8 Å². The summed E-state index contributed by atoms with van der Waals surface area (Å²) in [7, 11) is 0. The average molecular weight is 382 g/mol. The third-order valence-electron chi connectivity index (χ3n) is 5.11. The van der Waals surface area contributed by atoms with Gasteiger partial charge in [-0.1, -0.05) is 24.6 Å². The number of nitrogens with one attached hydrogen (secondary N) is 1. The number of rotatable bonds is 6. The molecule has 1 aromatic heterocycles. The van der Waals surface area contributed by atoms with E-state index in [-0.39, 0.29) is 18.6 Å². The van der Waals surface area contributed by atoms with Crippen LogP contribution in [-0.2, 0) is 11.3 Å². The highest BCUT2D eigenvalue weighted by Gasteiger charge is 2.52. The lowest BCUT2D eigenvalue weighted by atomic mass is 9.77. The van der Waals surface area contributed by atoms with Crippen molar-refractivity contribution in [3.8, 4) is 0 Å². The Bertz CT molecular complexity index is 667. The SMILES string of the molecule is C=CCN(Cc1ccc(Cl)s1)CN1C(=O)NC2(CCC(C)CC2)C1=O. The van der Waals surface area contributed by atoms with E-state index in [1.165, 1.54) is 16.2 Å². The van der Waals surface area contributed by atoms with Crippen molar-refractivity contribution in [3.05, 3.63) is 34.0 Å². The van der Waals surface area contributed by atoms with Gasteiger partial charge in [0.1, 0.15) is 5.54 Å². The number of nitrogens with zero attached hydrogens (tertiary/aromatic N) is 2. The fourth-order valence-corrected chi connectivity index (χ4v) is 4.74. The van der Waals surface area contributed by atoms with E-state index in [9.17, 15) is 9.59 Å². The van der Waals surface area contributed by atoms with E-state index in [4.69, 9.17) is 11.6 Å². The summed E-state index contributed by atoms with van der Waals surface area (Å²) >= 11 is 7.51. The van der Waals surface area contributed by atoms with Gasteiger partial charge in [0.2, 0.25) is 0 Å². The Labute approximate surface area is 157 Å². The molecule has 2 fully saturated rings. The van der Waals surface area contributed by atoms with Crippen molar-refractivity contribution < 1.29 is 9.59 Å². The van der Waals surface area contributed by atoms with Crippen LogP contribution in [0.1, 0.15) is 37.5 Å². The molecule has 25 heavy (non-hydrogen) atoms. The van der Waals surface area contributed by atoms with Crippen LogP contribution >= 0.6 is 22.9 Å². The van der Waals surface area contributed by atoms with E-state index in [1.807, 2.05) is 17.0 Å². The van der Waals surface area contributed by atoms with Gasteiger partial charge in [0.05, 0.1) is 11.0 Å². The van der Waals surface area contributed by atoms with Crippen LogP contribution in [0, 0.1) is 5.92 Å². The number of hydrogen-bond donors (Lipinski definition) is 1. The lowest BCUT2D eigenvalue weighted by Crippen LogP contribution is -2.50. The fraction of sp³-hybridized carbons (Fsp3) is 0.556. The molecule has 1 saturated carbocycles. The number of thiophene rings is 1. The molecule has 1 N–H and O–H groups in total. The van der Waals surface area contributed by atoms with Crippen molar-refractivity contribution in [2.45, 2.75) is 44.7 Å². The van der Waals surface area contributed by atoms with E-state index in [0.29, 0.717) is 19.0 Å². The van der Waals surface area contributed by atoms with E-state index < -0.39 is 5.54 Å². The van der Waals surface area contributed by atoms with Crippen molar-refractivity contribution in [3.63, 3.8) is 0 Å². The molecular weight excluding hydrogens is 358 g/mol. The molecule has 1 aliphatic heterocycles. The van der Waals surface area contributed by atoms with Crippen LogP contribution in [0.25, 0.3) is 0 Å². The van der Waals surface area contributed by atoms with Gasteiger partial charge in [-0.3, -0.25) is 9.69 Å². The number of imide groups is 1. The van der Waals surface area contributed by atoms with Gasteiger partial charge in [0, 0.05) is 18.0 Å². The average Bonchev–Trinajstić information content (AvgIpc) is 3.07. The van der Waals surface area contributed by atoms with Crippen molar-refractivity contribution in [1.82, 2.24) is 15.1 Å². The first-order chi connectivity index (χ1) is 11.9. The molecule has 0 atom stereocenters. The monoisotopic (exact) mass is 381 g/mol. The Morgan fingerprint density at radius 2 is 2.16 bits per heavy atom. The van der Waals surface area contributed by atoms with Crippen LogP contribution < -0.4 is 5.32 Å². The zero-order valence-corrected chi connectivity index (χ0v) is 16.0. The molecule has 7 heteroatoms. The number of urea groups is 1. The molecule has 2 aliphatic rings. The minimum absolute atomic E-state index is 0.0809. The largest absolute Gasteiger partial charge is 0.326 e. The lowest BCUT2D eigenvalue weighted by molar-refractivity contribution is -0.134. The maximum atomic E-state index is 13.0. The second-order valence-corrected chi connectivity index (χ2v) is 8.88. The third kappa shape index (κ3) is 3.91. The first kappa shape index (κ1) is 18.4. The molecule has 5 nitrogen and oxygen atoms in total. The van der Waals surface area contributed by atoms with Gasteiger partial charge in [0.25, 0.3) is 5.91 Å². The quantitative estimate of drug-likeness (QED) is 0.601. The molecular formula is C18H24ClN3O2S. The molecule has 3 amide bonds. The Kier molecular flexibility index (Phi) is 5.51. The van der Waals surface area contributed by atoms with Crippen molar-refractivity contribution >= 4 is 34.9 Å². The molecule has 1 spiro atoms. The summed E-state index contributed by atoms with van der Waals surface area (Å²) in [6, 6.07) is 3.55. The smallest absolute Gasteiger partial charge is 0.323 e. The van der Waals surface area contributed by atoms with Gasteiger partial charge in [-0.25, -0.2) is 9.69 Å². The summed E-state index contributed by atoms with van der Waals surface area (Å²) in [5.74, 6) is 0.535. The Balaban J connectivity index is 1.70. The van der Waals surface area contributed by atoms with Crippen LogP contribution in [0.3, 0.4) is 0 Å². The van der Waals surface area contributed by atoms with E-state index >= 15 is 0 Å². The molecule has 0 unspecified atom stereocenters. The van der Waals surface area contributed by atoms with Crippen molar-refractivity contribution in [2.75, 3.05) is 13.2 Å². The summed E-state index contributed by atoms with van der Waals surface area (Å²) in [6.45, 7) is 7.47. The summed E-state index contributed by atoms with van der Waals surface area (Å²) < 4.78 is 0.735. The summed E-state index contributed by atoms with van der Waals surface area (Å²) in [5, 5.41) is 2.97. The highest BCUT2D eigenvalue weighted by atomic mass is 35.5. The maximum absolute atomic E-state index is 13.0. The molecule has 2 heterocycles. The topological polar surface area (TPSA) is 52.6 Å². The molecule has 136 valence electrons. The van der Waals surface area contributed by atoms with Gasteiger partial charge >= 0.3 is 6.03 Å². The second-order valence-electron chi connectivity index (χ2n) is 7.08. The maximum Gasteiger partial charge on any atom is 0.326 e. The standard InChI is InChI=1S/C18H24ClN3O2S/c1-3-10-21(11-14-4-5-15(19)25-14)12-22-16(23)18(20-17(22)24)8-6-13(2)7-9-18/h3-5,13H,1,6-12H2,2H3,(H,20,24). The van der Waals surface area contributed by atoms with Crippen LogP contribution in [0.2, 0.25) is 4.34 Å². The van der Waals surface area contributed by atoms with Gasteiger partial charge in [-0.15, -0.1) is 17.9 Å². The number of carbonyl (C=O) groups excluding carboxylic acids is 2. The van der Waals surface area contributed by atoms with E-state index in [2.05, 4.69) is 18.8 Å². The highest BCUT2D eigenvalue weighted by molar-refractivity contribution is 7.16. The fourth-order valence-electron chi connectivity index (χ4n) is 3.61. The highest BCUT2D eigenvalue weighted by Crippen LogP contribution is 2.36. The van der Waals surface area contributed by atoms with Gasteiger partial charge in [0.15, 0.2) is 0 Å². The summed E-state index contributed by atoms with van der Waals surface area (Å²) in [5.41, 5.74) is -0.685. The molecule has 0 bridgehead atoms. The third-order valence-corrected chi connectivity index (χ3v) is 6.33. The second kappa shape index (κ2) is 7.48. The number of hydrogen-bond acceptors (Lipinski definition) is 4. The Morgan fingerprint density at radius 3 is 2.76 bits per heavy atom. The molecule has 0 aromatic carbocycles. The van der Waals surface area contributed by atoms with Crippen molar-refractivity contribution in [2.24, 2.45) is 5.92 Å². The van der Waals surface area contributed by atoms with Crippen molar-refractivity contribution in [1.29, 1.82) is 0 Å². The van der Waals surface area contributed by atoms with Gasteiger partial charge in [-0.2, -0.15) is 0 Å². The molecule has 3 rings (SSSR count). The molecule has 1 saturated heterocycles. The zero-order valence-electron chi connectivity index (χ0n) is 14.5. The van der Waals surface area contributed by atoms with Gasteiger partial charge in [-0.05, 0) is 43.7 Å².